The number of carboxylic acid groups (broad SMARTS) is 1. The minimum absolute atomic E-state index is 0.477. The van der Waals surface area contributed by atoms with E-state index in [9.17, 15) is 4.79 Å². The van der Waals surface area contributed by atoms with Gasteiger partial charge in [0, 0.05) is 23.2 Å². The summed E-state index contributed by atoms with van der Waals surface area (Å²) in [6.45, 7) is 8.62. The second-order valence-electron chi connectivity index (χ2n) is 5.66. The van der Waals surface area contributed by atoms with E-state index in [0.717, 1.165) is 11.4 Å². The second-order valence-corrected chi connectivity index (χ2v) is 6.71. The summed E-state index contributed by atoms with van der Waals surface area (Å²) in [6.07, 6.45) is 0. The predicted octanol–water partition coefficient (Wildman–Crippen LogP) is 3.39. The molecular formula is C15H23NO2S. The number of carbonyl (C=O) groups is 1. The first kappa shape index (κ1) is 16.1. The van der Waals surface area contributed by atoms with Crippen LogP contribution < -0.4 is 5.32 Å². The first-order chi connectivity index (χ1) is 8.81. The molecule has 0 unspecified atom stereocenters. The highest BCUT2D eigenvalue weighted by molar-refractivity contribution is 7.99. The van der Waals surface area contributed by atoms with E-state index in [1.165, 1.54) is 5.56 Å². The van der Waals surface area contributed by atoms with E-state index in [2.05, 4.69) is 43.4 Å². The van der Waals surface area contributed by atoms with Crippen LogP contribution in [0.1, 0.15) is 33.3 Å². The second kappa shape index (κ2) is 6.96. The Labute approximate surface area is 119 Å². The number of rotatable bonds is 7. The number of hydrogen-bond donors (Lipinski definition) is 2. The predicted molar refractivity (Wildman–Crippen MR) is 80.6 cm³/mol. The van der Waals surface area contributed by atoms with Crippen molar-refractivity contribution in [3.8, 4) is 0 Å². The van der Waals surface area contributed by atoms with E-state index in [4.69, 9.17) is 5.11 Å². The molecule has 0 bridgehead atoms. The van der Waals surface area contributed by atoms with Crippen LogP contribution in [-0.4, -0.2) is 22.9 Å². The lowest BCUT2D eigenvalue weighted by Gasteiger charge is -2.18. The van der Waals surface area contributed by atoms with Crippen molar-refractivity contribution < 1.29 is 9.90 Å². The molecule has 19 heavy (non-hydrogen) atoms. The zero-order valence-electron chi connectivity index (χ0n) is 12.1. The molecule has 0 amide bonds. The van der Waals surface area contributed by atoms with Crippen molar-refractivity contribution in [2.24, 2.45) is 5.41 Å². The molecule has 3 nitrogen and oxygen atoms in total. The molecule has 0 saturated heterocycles. The van der Waals surface area contributed by atoms with Crippen LogP contribution in [-0.2, 0) is 11.3 Å². The standard InChI is InChI=1S/C15H23NO2S/c1-11(2)16-9-12-5-7-13(8-6-12)19-10-15(3,4)14(17)18/h5-8,11,16H,9-10H2,1-4H3,(H,17,18). The zero-order valence-corrected chi connectivity index (χ0v) is 12.9. The Hall–Kier alpha value is -1.00. The lowest BCUT2D eigenvalue weighted by Crippen LogP contribution is -2.26. The quantitative estimate of drug-likeness (QED) is 0.752. The average Bonchev–Trinajstić information content (AvgIpc) is 2.35. The molecule has 0 saturated carbocycles. The molecule has 0 spiro atoms. The van der Waals surface area contributed by atoms with Gasteiger partial charge in [-0.05, 0) is 31.5 Å². The summed E-state index contributed by atoms with van der Waals surface area (Å²) in [4.78, 5) is 12.1. The molecule has 1 rings (SSSR count). The lowest BCUT2D eigenvalue weighted by atomic mass is 9.97. The third-order valence-corrected chi connectivity index (χ3v) is 4.29. The van der Waals surface area contributed by atoms with E-state index in [1.807, 2.05) is 0 Å². The van der Waals surface area contributed by atoms with Crippen molar-refractivity contribution >= 4 is 17.7 Å². The lowest BCUT2D eigenvalue weighted by molar-refractivity contribution is -0.145. The zero-order chi connectivity index (χ0) is 14.5. The number of carboxylic acids is 1. The highest BCUT2D eigenvalue weighted by atomic mass is 32.2. The summed E-state index contributed by atoms with van der Waals surface area (Å²) in [5.74, 6) is -0.177. The summed E-state index contributed by atoms with van der Waals surface area (Å²) in [5.41, 5.74) is 0.554. The molecule has 0 radical (unpaired) electrons. The third-order valence-electron chi connectivity index (χ3n) is 2.82. The highest BCUT2D eigenvalue weighted by Gasteiger charge is 2.26. The van der Waals surface area contributed by atoms with Gasteiger partial charge in [-0.25, -0.2) is 0 Å². The topological polar surface area (TPSA) is 49.3 Å². The molecule has 4 heteroatoms. The Bertz CT molecular complexity index is 413. The number of benzene rings is 1. The number of hydrogen-bond acceptors (Lipinski definition) is 3. The maximum Gasteiger partial charge on any atom is 0.309 e. The van der Waals surface area contributed by atoms with Crippen LogP contribution in [0.3, 0.4) is 0 Å². The van der Waals surface area contributed by atoms with Crippen molar-refractivity contribution in [2.75, 3.05) is 5.75 Å². The van der Waals surface area contributed by atoms with E-state index >= 15 is 0 Å². The number of aliphatic carboxylic acids is 1. The van der Waals surface area contributed by atoms with Crippen molar-refractivity contribution in [1.29, 1.82) is 0 Å². The van der Waals surface area contributed by atoms with Gasteiger partial charge in [0.05, 0.1) is 5.41 Å². The molecule has 0 fully saturated rings. The first-order valence-corrected chi connectivity index (χ1v) is 7.48. The molecule has 0 aliphatic carbocycles. The smallest absolute Gasteiger partial charge is 0.309 e. The van der Waals surface area contributed by atoms with Gasteiger partial charge in [0.1, 0.15) is 0 Å². The summed E-state index contributed by atoms with van der Waals surface area (Å²) in [7, 11) is 0. The van der Waals surface area contributed by atoms with Gasteiger partial charge in [-0.3, -0.25) is 4.79 Å². The van der Waals surface area contributed by atoms with Crippen LogP contribution in [0, 0.1) is 5.41 Å². The van der Waals surface area contributed by atoms with Gasteiger partial charge in [0.2, 0.25) is 0 Å². The molecule has 0 aliphatic heterocycles. The largest absolute Gasteiger partial charge is 0.481 e. The van der Waals surface area contributed by atoms with E-state index in [0.29, 0.717) is 11.8 Å². The summed E-state index contributed by atoms with van der Waals surface area (Å²) >= 11 is 1.59. The molecule has 0 aromatic heterocycles. The van der Waals surface area contributed by atoms with Crippen LogP contribution in [0.5, 0.6) is 0 Å². The minimum Gasteiger partial charge on any atom is -0.481 e. The summed E-state index contributed by atoms with van der Waals surface area (Å²) in [5, 5.41) is 12.4. The Morgan fingerprint density at radius 1 is 1.32 bits per heavy atom. The van der Waals surface area contributed by atoms with Gasteiger partial charge < -0.3 is 10.4 Å². The highest BCUT2D eigenvalue weighted by Crippen LogP contribution is 2.27. The maximum absolute atomic E-state index is 11.0. The molecule has 1 aromatic carbocycles. The number of nitrogens with one attached hydrogen (secondary N) is 1. The Kier molecular flexibility index (Phi) is 5.88. The fourth-order valence-corrected chi connectivity index (χ4v) is 2.33. The van der Waals surface area contributed by atoms with Crippen LogP contribution >= 0.6 is 11.8 Å². The third kappa shape index (κ3) is 5.66. The van der Waals surface area contributed by atoms with Crippen LogP contribution in [0.15, 0.2) is 29.2 Å². The van der Waals surface area contributed by atoms with E-state index in [1.54, 1.807) is 25.6 Å². The SMILES string of the molecule is CC(C)NCc1ccc(SCC(C)(C)C(=O)O)cc1. The molecule has 0 heterocycles. The van der Waals surface area contributed by atoms with Gasteiger partial charge >= 0.3 is 5.97 Å². The van der Waals surface area contributed by atoms with Crippen LogP contribution in [0.4, 0.5) is 0 Å². The fraction of sp³-hybridized carbons (Fsp3) is 0.533. The van der Waals surface area contributed by atoms with Crippen molar-refractivity contribution in [2.45, 2.75) is 45.2 Å². The van der Waals surface area contributed by atoms with Gasteiger partial charge in [-0.2, -0.15) is 0 Å². The Morgan fingerprint density at radius 3 is 2.37 bits per heavy atom. The first-order valence-electron chi connectivity index (χ1n) is 6.50. The van der Waals surface area contributed by atoms with Gasteiger partial charge in [-0.15, -0.1) is 11.8 Å². The van der Waals surface area contributed by atoms with Crippen molar-refractivity contribution in [1.82, 2.24) is 5.32 Å². The minimum atomic E-state index is -0.752. The van der Waals surface area contributed by atoms with E-state index in [-0.39, 0.29) is 0 Å². The van der Waals surface area contributed by atoms with Crippen molar-refractivity contribution in [3.63, 3.8) is 0 Å². The molecule has 0 atom stereocenters. The summed E-state index contributed by atoms with van der Waals surface area (Å²) in [6, 6.07) is 8.77. The molecule has 1 aromatic rings. The Balaban J connectivity index is 2.51. The normalized spacial score (nSPS) is 11.8. The van der Waals surface area contributed by atoms with E-state index < -0.39 is 11.4 Å². The summed E-state index contributed by atoms with van der Waals surface area (Å²) < 4.78 is 0. The monoisotopic (exact) mass is 281 g/mol. The van der Waals surface area contributed by atoms with Gasteiger partial charge in [0.25, 0.3) is 0 Å². The Morgan fingerprint density at radius 2 is 1.89 bits per heavy atom. The van der Waals surface area contributed by atoms with Gasteiger partial charge in [-0.1, -0.05) is 26.0 Å². The maximum atomic E-state index is 11.0. The molecule has 0 aliphatic rings. The van der Waals surface area contributed by atoms with Crippen LogP contribution in [0.2, 0.25) is 0 Å². The molecule has 106 valence electrons. The molecular weight excluding hydrogens is 258 g/mol. The number of thioether (sulfide) groups is 1. The average molecular weight is 281 g/mol. The van der Waals surface area contributed by atoms with Gasteiger partial charge in [0.15, 0.2) is 0 Å². The molecule has 2 N–H and O–H groups in total. The fourth-order valence-electron chi connectivity index (χ4n) is 1.35. The van der Waals surface area contributed by atoms with Crippen molar-refractivity contribution in [3.05, 3.63) is 29.8 Å². The van der Waals surface area contributed by atoms with Crippen LogP contribution in [0.25, 0.3) is 0 Å².